The standard InChI is InChI=1S/C16H16BrFN2O/c1-2-7-21-12-5-6-20(10-12)16-4-3-11-8-13(17)14(18)9-15(11)19-16/h2-4,8-9,12H,1,5-7,10H2. The maximum atomic E-state index is 13.6. The van der Waals surface area contributed by atoms with Crippen molar-refractivity contribution < 1.29 is 9.13 Å². The van der Waals surface area contributed by atoms with E-state index >= 15 is 0 Å². The molecule has 0 bridgehead atoms. The van der Waals surface area contributed by atoms with Crippen molar-refractivity contribution in [2.45, 2.75) is 12.5 Å². The zero-order chi connectivity index (χ0) is 14.8. The highest BCUT2D eigenvalue weighted by Gasteiger charge is 2.23. The number of ether oxygens (including phenoxy) is 1. The van der Waals surface area contributed by atoms with Gasteiger partial charge in [-0.2, -0.15) is 0 Å². The van der Waals surface area contributed by atoms with Crippen LogP contribution in [0, 0.1) is 5.82 Å². The van der Waals surface area contributed by atoms with Crippen LogP contribution in [-0.2, 0) is 4.74 Å². The van der Waals surface area contributed by atoms with Crippen molar-refractivity contribution in [1.29, 1.82) is 0 Å². The summed E-state index contributed by atoms with van der Waals surface area (Å²) in [7, 11) is 0. The van der Waals surface area contributed by atoms with Crippen molar-refractivity contribution in [2.24, 2.45) is 0 Å². The van der Waals surface area contributed by atoms with Gasteiger partial charge in [-0.05, 0) is 40.5 Å². The van der Waals surface area contributed by atoms with Gasteiger partial charge in [-0.3, -0.25) is 0 Å². The molecule has 1 aromatic carbocycles. The first-order valence-corrected chi connectivity index (χ1v) is 7.70. The second-order valence-corrected chi connectivity index (χ2v) is 5.96. The molecular weight excluding hydrogens is 335 g/mol. The molecule has 0 radical (unpaired) electrons. The third-order valence-electron chi connectivity index (χ3n) is 3.64. The third-order valence-corrected chi connectivity index (χ3v) is 4.24. The number of pyridine rings is 1. The molecule has 0 saturated carbocycles. The van der Waals surface area contributed by atoms with Crippen LogP contribution < -0.4 is 4.90 Å². The first kappa shape index (κ1) is 14.5. The van der Waals surface area contributed by atoms with Crippen molar-refractivity contribution in [3.05, 3.63) is 47.2 Å². The summed E-state index contributed by atoms with van der Waals surface area (Å²) in [6, 6.07) is 7.16. The van der Waals surface area contributed by atoms with Gasteiger partial charge in [0.05, 0.1) is 22.7 Å². The SMILES string of the molecule is C=CCOC1CCN(c2ccc3cc(Br)c(F)cc3n2)C1. The zero-order valence-electron chi connectivity index (χ0n) is 11.6. The molecule has 0 amide bonds. The van der Waals surface area contributed by atoms with E-state index in [0.717, 1.165) is 30.7 Å². The lowest BCUT2D eigenvalue weighted by molar-refractivity contribution is 0.0909. The first-order valence-electron chi connectivity index (χ1n) is 6.90. The highest BCUT2D eigenvalue weighted by atomic mass is 79.9. The number of aromatic nitrogens is 1. The molecule has 110 valence electrons. The minimum absolute atomic E-state index is 0.210. The first-order chi connectivity index (χ1) is 10.2. The zero-order valence-corrected chi connectivity index (χ0v) is 13.1. The Bertz CT molecular complexity index is 677. The monoisotopic (exact) mass is 350 g/mol. The average Bonchev–Trinajstić information content (AvgIpc) is 2.95. The van der Waals surface area contributed by atoms with E-state index in [2.05, 4.69) is 32.4 Å². The molecule has 1 aromatic heterocycles. The number of hydrogen-bond acceptors (Lipinski definition) is 3. The van der Waals surface area contributed by atoms with Crippen LogP contribution in [0.5, 0.6) is 0 Å². The normalized spacial score (nSPS) is 18.4. The van der Waals surface area contributed by atoms with Crippen LogP contribution in [0.3, 0.4) is 0 Å². The number of rotatable bonds is 4. The quantitative estimate of drug-likeness (QED) is 0.781. The van der Waals surface area contributed by atoms with E-state index in [4.69, 9.17) is 4.74 Å². The van der Waals surface area contributed by atoms with Gasteiger partial charge in [-0.15, -0.1) is 6.58 Å². The minimum atomic E-state index is -0.291. The van der Waals surface area contributed by atoms with Crippen LogP contribution in [0.1, 0.15) is 6.42 Å². The average molecular weight is 351 g/mol. The summed E-state index contributed by atoms with van der Waals surface area (Å²) >= 11 is 3.20. The molecule has 3 rings (SSSR count). The number of nitrogens with zero attached hydrogens (tertiary/aromatic N) is 2. The minimum Gasteiger partial charge on any atom is -0.372 e. The van der Waals surface area contributed by atoms with Gasteiger partial charge in [-0.25, -0.2) is 9.37 Å². The highest BCUT2D eigenvalue weighted by molar-refractivity contribution is 9.10. The lowest BCUT2D eigenvalue weighted by Gasteiger charge is -2.18. The molecule has 2 aromatic rings. The molecule has 1 saturated heterocycles. The van der Waals surface area contributed by atoms with Crippen LogP contribution >= 0.6 is 15.9 Å². The molecule has 1 atom stereocenters. The number of benzene rings is 1. The van der Waals surface area contributed by atoms with Gasteiger partial charge in [0.15, 0.2) is 0 Å². The van der Waals surface area contributed by atoms with Crippen molar-refractivity contribution in [1.82, 2.24) is 4.98 Å². The lowest BCUT2D eigenvalue weighted by Crippen LogP contribution is -2.23. The predicted molar refractivity (Wildman–Crippen MR) is 86.2 cm³/mol. The Morgan fingerprint density at radius 3 is 3.14 bits per heavy atom. The Hall–Kier alpha value is -1.46. The molecule has 1 fully saturated rings. The molecule has 1 unspecified atom stereocenters. The van der Waals surface area contributed by atoms with Gasteiger partial charge >= 0.3 is 0 Å². The predicted octanol–water partition coefficient (Wildman–Crippen LogP) is 3.92. The maximum absolute atomic E-state index is 13.6. The highest BCUT2D eigenvalue weighted by Crippen LogP contribution is 2.26. The Kier molecular flexibility index (Phi) is 4.22. The number of halogens is 2. The number of anilines is 1. The molecule has 5 heteroatoms. The van der Waals surface area contributed by atoms with E-state index in [9.17, 15) is 4.39 Å². The molecule has 0 aliphatic carbocycles. The van der Waals surface area contributed by atoms with Gasteiger partial charge in [-0.1, -0.05) is 6.08 Å². The summed E-state index contributed by atoms with van der Waals surface area (Å²) in [6.07, 6.45) is 2.95. The fourth-order valence-electron chi connectivity index (χ4n) is 2.56. The van der Waals surface area contributed by atoms with Gasteiger partial charge < -0.3 is 9.64 Å². The third kappa shape index (κ3) is 3.09. The topological polar surface area (TPSA) is 25.4 Å². The molecular formula is C16H16BrFN2O. The second-order valence-electron chi connectivity index (χ2n) is 5.11. The molecule has 1 aliphatic rings. The Balaban J connectivity index is 1.81. The Morgan fingerprint density at radius 2 is 2.33 bits per heavy atom. The van der Waals surface area contributed by atoms with Gasteiger partial charge in [0.25, 0.3) is 0 Å². The van der Waals surface area contributed by atoms with Gasteiger partial charge in [0, 0.05) is 24.5 Å². The Labute approximate surface area is 131 Å². The summed E-state index contributed by atoms with van der Waals surface area (Å²) in [5.41, 5.74) is 0.670. The second kappa shape index (κ2) is 6.12. The number of fused-ring (bicyclic) bond motifs is 1. The van der Waals surface area contributed by atoms with Crippen LogP contribution in [0.25, 0.3) is 10.9 Å². The van der Waals surface area contributed by atoms with Crippen LogP contribution in [0.15, 0.2) is 41.4 Å². The van der Waals surface area contributed by atoms with Crippen molar-refractivity contribution in [2.75, 3.05) is 24.6 Å². The van der Waals surface area contributed by atoms with E-state index in [1.165, 1.54) is 6.07 Å². The molecule has 21 heavy (non-hydrogen) atoms. The number of hydrogen-bond donors (Lipinski definition) is 0. The van der Waals surface area contributed by atoms with Crippen LogP contribution in [-0.4, -0.2) is 30.8 Å². The van der Waals surface area contributed by atoms with Crippen LogP contribution in [0.4, 0.5) is 10.2 Å². The lowest BCUT2D eigenvalue weighted by atomic mass is 10.2. The summed E-state index contributed by atoms with van der Waals surface area (Å²) in [6.45, 7) is 5.94. The van der Waals surface area contributed by atoms with E-state index < -0.39 is 0 Å². The van der Waals surface area contributed by atoms with E-state index in [1.54, 1.807) is 12.1 Å². The largest absolute Gasteiger partial charge is 0.372 e. The van der Waals surface area contributed by atoms with Gasteiger partial charge in [0.1, 0.15) is 11.6 Å². The molecule has 2 heterocycles. The smallest absolute Gasteiger partial charge is 0.139 e. The molecule has 0 spiro atoms. The van der Waals surface area contributed by atoms with E-state index in [-0.39, 0.29) is 11.9 Å². The van der Waals surface area contributed by atoms with E-state index in [1.807, 2.05) is 12.1 Å². The van der Waals surface area contributed by atoms with Crippen molar-refractivity contribution in [3.8, 4) is 0 Å². The summed E-state index contributed by atoms with van der Waals surface area (Å²) in [4.78, 5) is 6.74. The Morgan fingerprint density at radius 1 is 1.48 bits per heavy atom. The summed E-state index contributed by atoms with van der Waals surface area (Å²) in [5, 5.41) is 0.922. The molecule has 1 aliphatic heterocycles. The fraction of sp³-hybridized carbons (Fsp3) is 0.312. The molecule has 3 nitrogen and oxygen atoms in total. The van der Waals surface area contributed by atoms with E-state index in [0.29, 0.717) is 16.6 Å². The fourth-order valence-corrected chi connectivity index (χ4v) is 2.92. The summed E-state index contributed by atoms with van der Waals surface area (Å²) in [5.74, 6) is 0.578. The summed E-state index contributed by atoms with van der Waals surface area (Å²) < 4.78 is 19.8. The van der Waals surface area contributed by atoms with Crippen molar-refractivity contribution in [3.63, 3.8) is 0 Å². The van der Waals surface area contributed by atoms with Gasteiger partial charge in [0.2, 0.25) is 0 Å². The molecule has 0 N–H and O–H groups in total. The van der Waals surface area contributed by atoms with Crippen LogP contribution in [0.2, 0.25) is 0 Å². The van der Waals surface area contributed by atoms with Crippen molar-refractivity contribution >= 4 is 32.7 Å². The maximum Gasteiger partial charge on any atom is 0.139 e.